The maximum Gasteiger partial charge on any atom is 0.166 e. The van der Waals surface area contributed by atoms with Crippen LogP contribution in [0.1, 0.15) is 5.56 Å². The number of hydrogen-bond acceptors (Lipinski definition) is 3. The number of nitrogens with one attached hydrogen (secondary N) is 1. The van der Waals surface area contributed by atoms with E-state index < -0.39 is 5.82 Å². The molecule has 4 nitrogen and oxygen atoms in total. The fourth-order valence-corrected chi connectivity index (χ4v) is 2.50. The predicted octanol–water partition coefficient (Wildman–Crippen LogP) is 4.44. The number of hydrogen-bond donors (Lipinski definition) is 2. The van der Waals surface area contributed by atoms with Crippen molar-refractivity contribution >= 4 is 37.7 Å². The molecule has 0 atom stereocenters. The van der Waals surface area contributed by atoms with Crippen LogP contribution >= 0.6 is 31.9 Å². The first kappa shape index (κ1) is 15.8. The Kier molecular flexibility index (Phi) is 4.84. The molecule has 3 N–H and O–H groups in total. The van der Waals surface area contributed by atoms with Gasteiger partial charge in [0.15, 0.2) is 11.6 Å². The van der Waals surface area contributed by atoms with Crippen LogP contribution in [0.2, 0.25) is 0 Å². The molecule has 0 aliphatic carbocycles. The number of amidine groups is 1. The summed E-state index contributed by atoms with van der Waals surface area (Å²) < 4.78 is 25.9. The Morgan fingerprint density at radius 2 is 1.71 bits per heavy atom. The quantitative estimate of drug-likeness (QED) is 0.570. The van der Waals surface area contributed by atoms with E-state index in [9.17, 15) is 4.39 Å². The molecule has 0 fully saturated rings. The molecule has 0 aromatic heterocycles. The van der Waals surface area contributed by atoms with E-state index in [2.05, 4.69) is 31.9 Å². The third kappa shape index (κ3) is 3.54. The van der Waals surface area contributed by atoms with Gasteiger partial charge in [-0.1, -0.05) is 0 Å². The van der Waals surface area contributed by atoms with E-state index in [4.69, 9.17) is 20.6 Å². The van der Waals surface area contributed by atoms with Crippen molar-refractivity contribution in [2.75, 3.05) is 7.11 Å². The first-order valence-corrected chi connectivity index (χ1v) is 7.35. The van der Waals surface area contributed by atoms with Gasteiger partial charge in [-0.2, -0.15) is 0 Å². The maximum absolute atomic E-state index is 13.9. The summed E-state index contributed by atoms with van der Waals surface area (Å²) in [4.78, 5) is 0. The van der Waals surface area contributed by atoms with Gasteiger partial charge >= 0.3 is 0 Å². The summed E-state index contributed by atoms with van der Waals surface area (Å²) in [5.41, 5.74) is 5.61. The van der Waals surface area contributed by atoms with Crippen molar-refractivity contribution in [2.24, 2.45) is 5.73 Å². The predicted molar refractivity (Wildman–Crippen MR) is 85.9 cm³/mol. The number of methoxy groups -OCH3 is 1. The minimum Gasteiger partial charge on any atom is -0.496 e. The molecule has 0 heterocycles. The lowest BCUT2D eigenvalue weighted by molar-refractivity contribution is 0.407. The standard InChI is InChI=1S/C14H11Br2FN2O2/c1-20-12-5-9(16)13(6-8(12)15)21-11-3-2-7(14(18)19)4-10(11)17/h2-6H,1H3,(H3,18,19). The van der Waals surface area contributed by atoms with E-state index in [1.54, 1.807) is 19.2 Å². The Labute approximate surface area is 137 Å². The fraction of sp³-hybridized carbons (Fsp3) is 0.0714. The molecule has 0 aliphatic heterocycles. The third-order valence-electron chi connectivity index (χ3n) is 2.67. The highest BCUT2D eigenvalue weighted by atomic mass is 79.9. The summed E-state index contributed by atoms with van der Waals surface area (Å²) in [6.45, 7) is 0. The van der Waals surface area contributed by atoms with Crippen LogP contribution in [0.4, 0.5) is 4.39 Å². The zero-order valence-electron chi connectivity index (χ0n) is 10.9. The maximum atomic E-state index is 13.9. The van der Waals surface area contributed by atoms with Crippen LogP contribution in [0.15, 0.2) is 39.3 Å². The van der Waals surface area contributed by atoms with Crippen LogP contribution in [0.3, 0.4) is 0 Å². The van der Waals surface area contributed by atoms with Gasteiger partial charge in [-0.25, -0.2) is 4.39 Å². The molecule has 2 aromatic rings. The monoisotopic (exact) mass is 416 g/mol. The molecule has 0 bridgehead atoms. The molecule has 2 aromatic carbocycles. The van der Waals surface area contributed by atoms with Crippen molar-refractivity contribution in [1.82, 2.24) is 0 Å². The summed E-state index contributed by atoms with van der Waals surface area (Å²) in [6.07, 6.45) is 0. The van der Waals surface area contributed by atoms with Gasteiger partial charge in [0.05, 0.1) is 16.1 Å². The molecule has 0 unspecified atom stereocenters. The molecule has 0 radical (unpaired) electrons. The smallest absolute Gasteiger partial charge is 0.166 e. The summed E-state index contributed by atoms with van der Waals surface area (Å²) in [7, 11) is 1.55. The van der Waals surface area contributed by atoms with Gasteiger partial charge in [-0.15, -0.1) is 0 Å². The van der Waals surface area contributed by atoms with Gasteiger partial charge in [0.25, 0.3) is 0 Å². The van der Waals surface area contributed by atoms with Crippen molar-refractivity contribution in [2.45, 2.75) is 0 Å². The van der Waals surface area contributed by atoms with Gasteiger partial charge in [-0.3, -0.25) is 5.41 Å². The molecule has 0 amide bonds. The second kappa shape index (κ2) is 6.44. The number of rotatable bonds is 4. The number of ether oxygens (including phenoxy) is 2. The zero-order valence-corrected chi connectivity index (χ0v) is 14.1. The van der Waals surface area contributed by atoms with Gasteiger partial charge in [0.2, 0.25) is 0 Å². The summed E-state index contributed by atoms with van der Waals surface area (Å²) >= 11 is 6.68. The van der Waals surface area contributed by atoms with E-state index in [0.717, 1.165) is 6.07 Å². The van der Waals surface area contributed by atoms with Crippen molar-refractivity contribution in [3.05, 3.63) is 50.7 Å². The topological polar surface area (TPSA) is 68.3 Å². The van der Waals surface area contributed by atoms with Crippen LogP contribution in [-0.4, -0.2) is 12.9 Å². The Hall–Kier alpha value is -1.60. The van der Waals surface area contributed by atoms with Crippen LogP contribution in [0.25, 0.3) is 0 Å². The van der Waals surface area contributed by atoms with Gasteiger partial charge in [0, 0.05) is 5.56 Å². The van der Waals surface area contributed by atoms with E-state index in [1.807, 2.05) is 0 Å². The average molecular weight is 418 g/mol. The minimum atomic E-state index is -0.596. The van der Waals surface area contributed by atoms with Gasteiger partial charge < -0.3 is 15.2 Å². The van der Waals surface area contributed by atoms with Crippen LogP contribution in [-0.2, 0) is 0 Å². The minimum absolute atomic E-state index is 0.0396. The van der Waals surface area contributed by atoms with Crippen LogP contribution < -0.4 is 15.2 Å². The van der Waals surface area contributed by atoms with Gasteiger partial charge in [0.1, 0.15) is 17.3 Å². The number of benzene rings is 2. The lowest BCUT2D eigenvalue weighted by atomic mass is 10.2. The number of nitrogen functional groups attached to an aromatic ring is 1. The van der Waals surface area contributed by atoms with E-state index >= 15 is 0 Å². The van der Waals surface area contributed by atoms with Crippen LogP contribution in [0, 0.1) is 11.2 Å². The van der Waals surface area contributed by atoms with E-state index in [0.29, 0.717) is 26.0 Å². The highest BCUT2D eigenvalue weighted by molar-refractivity contribution is 9.11. The van der Waals surface area contributed by atoms with Crippen molar-refractivity contribution in [1.29, 1.82) is 5.41 Å². The summed E-state index contributed by atoms with van der Waals surface area (Å²) in [5.74, 6) is 0.298. The highest BCUT2D eigenvalue weighted by Crippen LogP contribution is 2.38. The lowest BCUT2D eigenvalue weighted by Crippen LogP contribution is -2.11. The molecule has 0 aliphatic rings. The van der Waals surface area contributed by atoms with Crippen molar-refractivity contribution in [3.8, 4) is 17.2 Å². The summed E-state index contributed by atoms with van der Waals surface area (Å²) in [5, 5.41) is 7.27. The highest BCUT2D eigenvalue weighted by Gasteiger charge is 2.12. The Morgan fingerprint density at radius 1 is 1.10 bits per heavy atom. The number of nitrogens with two attached hydrogens (primary N) is 1. The number of halogens is 3. The SMILES string of the molecule is COc1cc(Br)c(Oc2ccc(C(=N)N)cc2F)cc1Br. The van der Waals surface area contributed by atoms with Gasteiger partial charge in [-0.05, 0) is 62.2 Å². The molecular formula is C14H11Br2FN2O2. The second-order valence-corrected chi connectivity index (χ2v) is 5.79. The summed E-state index contributed by atoms with van der Waals surface area (Å²) in [6, 6.07) is 7.48. The molecule has 21 heavy (non-hydrogen) atoms. The largest absolute Gasteiger partial charge is 0.496 e. The van der Waals surface area contributed by atoms with E-state index in [-0.39, 0.29) is 11.6 Å². The Bertz CT molecular complexity index is 708. The first-order chi connectivity index (χ1) is 9.92. The van der Waals surface area contributed by atoms with Crippen molar-refractivity contribution in [3.63, 3.8) is 0 Å². The second-order valence-electron chi connectivity index (χ2n) is 4.08. The van der Waals surface area contributed by atoms with Crippen LogP contribution in [0.5, 0.6) is 17.2 Å². The zero-order chi connectivity index (χ0) is 15.6. The van der Waals surface area contributed by atoms with Crippen molar-refractivity contribution < 1.29 is 13.9 Å². The Balaban J connectivity index is 2.34. The average Bonchev–Trinajstić information content (AvgIpc) is 2.44. The lowest BCUT2D eigenvalue weighted by Gasteiger charge is -2.12. The Morgan fingerprint density at radius 3 is 2.29 bits per heavy atom. The molecule has 2 rings (SSSR count). The fourth-order valence-electron chi connectivity index (χ4n) is 1.61. The normalized spacial score (nSPS) is 10.3. The van der Waals surface area contributed by atoms with E-state index in [1.165, 1.54) is 12.1 Å². The first-order valence-electron chi connectivity index (χ1n) is 5.77. The molecule has 110 valence electrons. The molecule has 7 heteroatoms. The third-order valence-corrected chi connectivity index (χ3v) is 3.91. The molecular weight excluding hydrogens is 407 g/mol. The molecule has 0 spiro atoms. The molecule has 0 saturated heterocycles. The molecule has 0 saturated carbocycles.